The van der Waals surface area contributed by atoms with E-state index >= 15 is 0 Å². The maximum atomic E-state index is 12.0. The van der Waals surface area contributed by atoms with Crippen molar-refractivity contribution in [3.63, 3.8) is 0 Å². The van der Waals surface area contributed by atoms with E-state index in [1.807, 2.05) is 13.8 Å². The minimum absolute atomic E-state index is 0.132. The number of carbonyl (C=O) groups excluding carboxylic acids is 2. The van der Waals surface area contributed by atoms with Crippen molar-refractivity contribution >= 4 is 63.5 Å². The van der Waals surface area contributed by atoms with E-state index in [9.17, 15) is 9.59 Å². The summed E-state index contributed by atoms with van der Waals surface area (Å²) < 4.78 is 0. The summed E-state index contributed by atoms with van der Waals surface area (Å²) in [6.07, 6.45) is 1.11. The third-order valence-corrected chi connectivity index (χ3v) is 4.33. The highest BCUT2D eigenvalue weighted by Gasteiger charge is 2.11. The van der Waals surface area contributed by atoms with Crippen LogP contribution in [0, 0.1) is 6.92 Å². The predicted molar refractivity (Wildman–Crippen MR) is 114 cm³/mol. The summed E-state index contributed by atoms with van der Waals surface area (Å²) in [5.74, 6) is -0.420. The molecule has 148 valence electrons. The van der Waals surface area contributed by atoms with Crippen molar-refractivity contribution in [1.29, 1.82) is 0 Å². The fourth-order valence-electron chi connectivity index (χ4n) is 2.36. The lowest BCUT2D eigenvalue weighted by Crippen LogP contribution is -2.11. The van der Waals surface area contributed by atoms with Crippen LogP contribution in [0.4, 0.5) is 28.4 Å². The first kappa shape index (κ1) is 21.7. The van der Waals surface area contributed by atoms with Gasteiger partial charge in [-0.05, 0) is 43.2 Å². The van der Waals surface area contributed by atoms with E-state index in [2.05, 4.69) is 20.9 Å². The summed E-state index contributed by atoms with van der Waals surface area (Å²) in [5, 5.41) is 14.2. The zero-order valence-electron chi connectivity index (χ0n) is 15.8. The summed E-state index contributed by atoms with van der Waals surface area (Å²) in [4.78, 5) is 23.2. The maximum Gasteiger partial charge on any atom is 0.224 e. The normalized spacial score (nSPS) is 10.9. The van der Waals surface area contributed by atoms with Crippen LogP contribution in [0.25, 0.3) is 0 Å². The highest BCUT2D eigenvalue weighted by Crippen LogP contribution is 2.37. The molecule has 28 heavy (non-hydrogen) atoms. The number of rotatable bonds is 6. The van der Waals surface area contributed by atoms with Gasteiger partial charge in [0.25, 0.3) is 0 Å². The summed E-state index contributed by atoms with van der Waals surface area (Å²) in [5.41, 5.74) is 8.92. The number of aryl methyl sites for hydroxylation is 1. The van der Waals surface area contributed by atoms with Gasteiger partial charge in [0.2, 0.25) is 11.8 Å². The smallest absolute Gasteiger partial charge is 0.224 e. The van der Waals surface area contributed by atoms with Crippen LogP contribution in [0.3, 0.4) is 0 Å². The van der Waals surface area contributed by atoms with E-state index in [4.69, 9.17) is 28.9 Å². The number of nitrogen functional groups attached to an aromatic ring is 1. The lowest BCUT2D eigenvalue weighted by molar-refractivity contribution is -0.116. The number of carbonyl (C=O) groups is 2. The fourth-order valence-corrected chi connectivity index (χ4v) is 2.93. The Morgan fingerprint density at radius 1 is 1.07 bits per heavy atom. The molecule has 0 radical (unpaired) electrons. The second-order valence-corrected chi connectivity index (χ2v) is 7.00. The van der Waals surface area contributed by atoms with Crippen LogP contribution in [0.1, 0.15) is 32.3 Å². The molecule has 0 unspecified atom stereocenters. The molecule has 4 N–H and O–H groups in total. The second-order valence-electron chi connectivity index (χ2n) is 6.19. The molecule has 0 aromatic heterocycles. The van der Waals surface area contributed by atoms with Crippen molar-refractivity contribution in [2.24, 2.45) is 10.2 Å². The maximum absolute atomic E-state index is 12.0. The summed E-state index contributed by atoms with van der Waals surface area (Å²) in [6.45, 7) is 5.11. The number of hydrogen-bond acceptors (Lipinski definition) is 5. The Kier molecular flexibility index (Phi) is 7.37. The zero-order chi connectivity index (χ0) is 20.8. The second kappa shape index (κ2) is 9.52. The van der Waals surface area contributed by atoms with Crippen molar-refractivity contribution < 1.29 is 9.59 Å². The molecule has 0 bridgehead atoms. The van der Waals surface area contributed by atoms with E-state index in [-0.39, 0.29) is 21.9 Å². The molecule has 0 aliphatic rings. The first-order valence-electron chi connectivity index (χ1n) is 8.59. The average Bonchev–Trinajstić information content (AvgIpc) is 2.60. The summed E-state index contributed by atoms with van der Waals surface area (Å²) in [7, 11) is 0. The molecule has 0 atom stereocenters. The van der Waals surface area contributed by atoms with Crippen molar-refractivity contribution in [2.45, 2.75) is 33.6 Å². The minimum Gasteiger partial charge on any atom is -0.398 e. The zero-order valence-corrected chi connectivity index (χ0v) is 17.3. The number of amides is 2. The number of nitrogens with one attached hydrogen (secondary N) is 2. The number of halogens is 2. The van der Waals surface area contributed by atoms with Crippen LogP contribution in [0.5, 0.6) is 0 Å². The molecule has 2 rings (SSSR count). The van der Waals surface area contributed by atoms with Gasteiger partial charge in [0.05, 0.1) is 27.1 Å². The van der Waals surface area contributed by atoms with Crippen molar-refractivity contribution in [3.8, 4) is 0 Å². The Hall–Kier alpha value is -2.64. The Morgan fingerprint density at radius 2 is 1.71 bits per heavy atom. The van der Waals surface area contributed by atoms with Gasteiger partial charge >= 0.3 is 0 Å². The Bertz CT molecular complexity index is 921. The van der Waals surface area contributed by atoms with E-state index in [1.54, 1.807) is 12.1 Å². The highest BCUT2D eigenvalue weighted by molar-refractivity contribution is 6.40. The van der Waals surface area contributed by atoms with Gasteiger partial charge in [0, 0.05) is 19.0 Å². The number of benzene rings is 2. The summed E-state index contributed by atoms with van der Waals surface area (Å²) in [6, 6.07) is 6.44. The van der Waals surface area contributed by atoms with Gasteiger partial charge in [0.1, 0.15) is 5.69 Å². The minimum atomic E-state index is -0.289. The van der Waals surface area contributed by atoms with Gasteiger partial charge in [-0.2, -0.15) is 5.11 Å². The van der Waals surface area contributed by atoms with Gasteiger partial charge in [0.15, 0.2) is 0 Å². The molecule has 7 nitrogen and oxygen atoms in total. The fraction of sp³-hybridized carbons (Fsp3) is 0.263. The number of anilines is 3. The molecule has 2 amide bonds. The molecule has 0 aliphatic carbocycles. The first-order chi connectivity index (χ1) is 13.2. The number of nitrogens with two attached hydrogens (primary N) is 1. The molecule has 0 saturated heterocycles. The van der Waals surface area contributed by atoms with E-state index in [1.165, 1.54) is 19.1 Å². The van der Waals surface area contributed by atoms with Gasteiger partial charge in [-0.3, -0.25) is 9.59 Å². The van der Waals surface area contributed by atoms with Crippen LogP contribution in [-0.2, 0) is 9.59 Å². The standard InChI is InChI=1S/C19H21Cl2N5O2/c1-4-5-18(28)24-16-9-15(22)10(2)6-17(16)26-25-12-7-13(20)19(14(21)8-12)23-11(3)27/h6-9H,4-5,22H2,1-3H3,(H,23,27)(H,24,28)/b26-25+. The summed E-state index contributed by atoms with van der Waals surface area (Å²) >= 11 is 12.3. The molecule has 2 aromatic rings. The number of hydrogen-bond donors (Lipinski definition) is 3. The van der Waals surface area contributed by atoms with Crippen molar-refractivity contribution in [1.82, 2.24) is 0 Å². The van der Waals surface area contributed by atoms with Crippen LogP contribution >= 0.6 is 23.2 Å². The van der Waals surface area contributed by atoms with Gasteiger partial charge in [-0.15, -0.1) is 5.11 Å². The van der Waals surface area contributed by atoms with Crippen LogP contribution in [0.15, 0.2) is 34.5 Å². The Balaban J connectivity index is 2.36. The lowest BCUT2D eigenvalue weighted by atomic mass is 10.1. The SMILES string of the molecule is CCCC(=O)Nc1cc(N)c(C)cc1/N=N/c1cc(Cl)c(NC(C)=O)c(Cl)c1. The lowest BCUT2D eigenvalue weighted by Gasteiger charge is -2.11. The van der Waals surface area contributed by atoms with E-state index in [0.29, 0.717) is 34.9 Å². The molecule has 0 spiro atoms. The Morgan fingerprint density at radius 3 is 2.29 bits per heavy atom. The van der Waals surface area contributed by atoms with Crippen molar-refractivity contribution in [3.05, 3.63) is 39.9 Å². The quantitative estimate of drug-likeness (QED) is 0.393. The van der Waals surface area contributed by atoms with Gasteiger partial charge in [-0.1, -0.05) is 30.1 Å². The molecule has 2 aromatic carbocycles. The van der Waals surface area contributed by atoms with E-state index in [0.717, 1.165) is 12.0 Å². The van der Waals surface area contributed by atoms with Crippen LogP contribution in [-0.4, -0.2) is 11.8 Å². The topological polar surface area (TPSA) is 109 Å². The molecular formula is C19H21Cl2N5O2. The van der Waals surface area contributed by atoms with Crippen LogP contribution < -0.4 is 16.4 Å². The number of azo groups is 1. The molecule has 0 heterocycles. The largest absolute Gasteiger partial charge is 0.398 e. The monoisotopic (exact) mass is 421 g/mol. The first-order valence-corrected chi connectivity index (χ1v) is 9.35. The number of nitrogens with zero attached hydrogens (tertiary/aromatic N) is 2. The molecule has 0 saturated carbocycles. The Labute approximate surface area is 173 Å². The van der Waals surface area contributed by atoms with E-state index < -0.39 is 0 Å². The molecular weight excluding hydrogens is 401 g/mol. The van der Waals surface area contributed by atoms with Crippen molar-refractivity contribution in [2.75, 3.05) is 16.4 Å². The van der Waals surface area contributed by atoms with Crippen LogP contribution in [0.2, 0.25) is 10.0 Å². The highest BCUT2D eigenvalue weighted by atomic mass is 35.5. The average molecular weight is 422 g/mol. The van der Waals surface area contributed by atoms with Gasteiger partial charge in [-0.25, -0.2) is 0 Å². The third-order valence-electron chi connectivity index (χ3n) is 3.74. The predicted octanol–water partition coefficient (Wildman–Crippen LogP) is 6.00. The third kappa shape index (κ3) is 5.68. The molecule has 0 fully saturated rings. The molecule has 9 heteroatoms. The van der Waals surface area contributed by atoms with Gasteiger partial charge < -0.3 is 16.4 Å². The molecule has 0 aliphatic heterocycles.